The summed E-state index contributed by atoms with van der Waals surface area (Å²) in [7, 11) is -1.26. The molecule has 3 aromatic rings. The molecule has 2 aliphatic heterocycles. The number of nitrogens with zero attached hydrogens (tertiary/aromatic N) is 2. The van der Waals surface area contributed by atoms with E-state index in [-0.39, 0.29) is 12.2 Å². The van der Waals surface area contributed by atoms with Crippen LogP contribution in [0.5, 0.6) is 0 Å². The van der Waals surface area contributed by atoms with Gasteiger partial charge >= 0.3 is 0 Å². The number of rotatable bonds is 5. The van der Waals surface area contributed by atoms with E-state index in [1.54, 1.807) is 0 Å². The quantitative estimate of drug-likeness (QED) is 0.283. The molecule has 5 nitrogen and oxygen atoms in total. The molecule has 0 bridgehead atoms. The number of pyridine rings is 2. The van der Waals surface area contributed by atoms with Gasteiger partial charge in [0.2, 0.25) is 0 Å². The van der Waals surface area contributed by atoms with Gasteiger partial charge in [-0.15, -0.1) is 0 Å². The van der Waals surface area contributed by atoms with Crippen LogP contribution in [0.15, 0.2) is 47.5 Å². The van der Waals surface area contributed by atoms with Gasteiger partial charge in [-0.3, -0.25) is 4.79 Å². The molecule has 2 aliphatic rings. The predicted octanol–water partition coefficient (Wildman–Crippen LogP) is 6.77. The second kappa shape index (κ2) is 8.42. The van der Waals surface area contributed by atoms with Crippen LogP contribution in [0, 0.1) is 0 Å². The van der Waals surface area contributed by atoms with Crippen LogP contribution in [-0.2, 0) is 34.6 Å². The van der Waals surface area contributed by atoms with Crippen LogP contribution in [0.2, 0.25) is 25.7 Å². The summed E-state index contributed by atoms with van der Waals surface area (Å²) in [5.41, 5.74) is 5.53. The van der Waals surface area contributed by atoms with Gasteiger partial charge in [-0.05, 0) is 51.3 Å². The maximum absolute atomic E-state index is 13.9. The van der Waals surface area contributed by atoms with Crippen LogP contribution >= 0.6 is 0 Å². The third kappa shape index (κ3) is 4.04. The van der Waals surface area contributed by atoms with E-state index in [4.69, 9.17) is 14.5 Å². The minimum atomic E-state index is -1.26. The Morgan fingerprint density at radius 3 is 2.58 bits per heavy atom. The third-order valence-electron chi connectivity index (χ3n) is 7.45. The Kier molecular flexibility index (Phi) is 5.84. The van der Waals surface area contributed by atoms with Gasteiger partial charge in [-0.25, -0.2) is 4.98 Å². The highest BCUT2D eigenvalue weighted by atomic mass is 28.3. The first-order valence-electron chi connectivity index (χ1n) is 13.0. The molecule has 4 heterocycles. The van der Waals surface area contributed by atoms with Crippen molar-refractivity contribution >= 4 is 19.0 Å². The normalized spacial score (nSPS) is 19.1. The summed E-state index contributed by atoms with van der Waals surface area (Å²) in [5.74, 6) is 0.567. The van der Waals surface area contributed by atoms with Crippen molar-refractivity contribution in [3.05, 3.63) is 75.3 Å². The highest BCUT2D eigenvalue weighted by Crippen LogP contribution is 2.47. The molecule has 0 saturated carbocycles. The molecule has 1 atom stereocenters. The van der Waals surface area contributed by atoms with Gasteiger partial charge in [0.05, 0.1) is 34.6 Å². The van der Waals surface area contributed by atoms with Gasteiger partial charge in [-0.2, -0.15) is 0 Å². The molecule has 0 unspecified atom stereocenters. The van der Waals surface area contributed by atoms with Crippen molar-refractivity contribution in [2.45, 2.75) is 90.6 Å². The number of benzene rings is 1. The number of ether oxygens (including phenoxy) is 2. The molecule has 0 saturated heterocycles. The molecule has 0 aliphatic carbocycles. The lowest BCUT2D eigenvalue weighted by Gasteiger charge is -2.43. The van der Waals surface area contributed by atoms with Crippen molar-refractivity contribution < 1.29 is 9.47 Å². The van der Waals surface area contributed by atoms with Crippen LogP contribution < -0.4 is 5.56 Å². The van der Waals surface area contributed by atoms with E-state index in [9.17, 15) is 4.79 Å². The van der Waals surface area contributed by atoms with Gasteiger partial charge in [0.15, 0.2) is 5.60 Å². The van der Waals surface area contributed by atoms with Crippen LogP contribution in [0.4, 0.5) is 0 Å². The molecule has 6 heteroatoms. The van der Waals surface area contributed by atoms with Gasteiger partial charge in [0.1, 0.15) is 12.4 Å². The van der Waals surface area contributed by atoms with Gasteiger partial charge in [-0.1, -0.05) is 57.4 Å². The number of aryl methyl sites for hydroxylation is 1. The number of para-hydroxylation sites is 1. The molecule has 1 aromatic carbocycles. The molecule has 0 radical (unpaired) electrons. The average molecular weight is 503 g/mol. The minimum Gasteiger partial charge on any atom is -0.490 e. The topological polar surface area (TPSA) is 53.4 Å². The van der Waals surface area contributed by atoms with Crippen LogP contribution in [0.3, 0.4) is 0 Å². The second-order valence-electron chi connectivity index (χ2n) is 12.4. The van der Waals surface area contributed by atoms with Crippen molar-refractivity contribution in [1.29, 1.82) is 0 Å². The van der Waals surface area contributed by atoms with Crippen LogP contribution in [0.25, 0.3) is 22.3 Å². The summed E-state index contributed by atoms with van der Waals surface area (Å²) in [6, 6.07) is 11.7. The molecule has 0 fully saturated rings. The van der Waals surface area contributed by atoms with Crippen molar-refractivity contribution in [2.24, 2.45) is 0 Å². The summed E-state index contributed by atoms with van der Waals surface area (Å²) >= 11 is 0. The summed E-state index contributed by atoms with van der Waals surface area (Å²) in [4.78, 5) is 19.1. The molecule has 2 aromatic heterocycles. The van der Waals surface area contributed by atoms with Crippen molar-refractivity contribution in [3.8, 4) is 11.4 Å². The first-order chi connectivity index (χ1) is 16.8. The molecular weight excluding hydrogens is 464 g/mol. The van der Waals surface area contributed by atoms with E-state index >= 15 is 0 Å². The van der Waals surface area contributed by atoms with E-state index < -0.39 is 19.3 Å². The minimum absolute atomic E-state index is 0.0106. The van der Waals surface area contributed by atoms with Crippen LogP contribution in [-0.4, -0.2) is 23.2 Å². The SMILES string of the molecule is C=C1OCc2c(cc3n(c2=O)Cc2c-3nc3ccccc3c2CC[Si](C)(C)C)[C@]1(CC)OC(C)(C)C. The number of hydrogen-bond acceptors (Lipinski definition) is 4. The summed E-state index contributed by atoms with van der Waals surface area (Å²) in [5, 5.41) is 1.20. The maximum atomic E-state index is 13.9. The zero-order valence-electron chi connectivity index (χ0n) is 22.7. The zero-order valence-corrected chi connectivity index (χ0v) is 23.7. The molecule has 0 amide bonds. The van der Waals surface area contributed by atoms with E-state index in [2.05, 4.69) is 57.4 Å². The maximum Gasteiger partial charge on any atom is 0.258 e. The molecule has 190 valence electrons. The van der Waals surface area contributed by atoms with E-state index in [0.717, 1.165) is 28.9 Å². The standard InChI is InChI=1S/C30H38N2O3Si/c1-9-30(35-29(3,4)5)19(2)34-18-23-24(30)16-26-27-22(17-32(26)28(23)33)20(14-15-36(6,7)8)21-12-10-11-13-25(21)31-27/h10-13,16H,2,9,14-15,17-18H2,1,3-8H3/t30-/m1/s1. The van der Waals surface area contributed by atoms with Gasteiger partial charge in [0.25, 0.3) is 5.56 Å². The number of hydrogen-bond donors (Lipinski definition) is 0. The first kappa shape index (κ1) is 25.0. The van der Waals surface area contributed by atoms with E-state index in [1.807, 2.05) is 31.4 Å². The average Bonchev–Trinajstić information content (AvgIpc) is 3.16. The van der Waals surface area contributed by atoms with E-state index in [1.165, 1.54) is 22.6 Å². The molecule has 0 spiro atoms. The summed E-state index contributed by atoms with van der Waals surface area (Å²) in [6.07, 6.45) is 1.63. The lowest BCUT2D eigenvalue weighted by atomic mass is 9.83. The Morgan fingerprint density at radius 1 is 1.19 bits per heavy atom. The molecule has 36 heavy (non-hydrogen) atoms. The fraction of sp³-hybridized carbons (Fsp3) is 0.467. The predicted molar refractivity (Wildman–Crippen MR) is 149 cm³/mol. The monoisotopic (exact) mass is 502 g/mol. The lowest BCUT2D eigenvalue weighted by molar-refractivity contribution is -0.149. The van der Waals surface area contributed by atoms with Crippen molar-refractivity contribution in [3.63, 3.8) is 0 Å². The van der Waals surface area contributed by atoms with Crippen molar-refractivity contribution in [1.82, 2.24) is 9.55 Å². The van der Waals surface area contributed by atoms with Gasteiger partial charge < -0.3 is 14.0 Å². The molecular formula is C30H38N2O3Si. The Morgan fingerprint density at radius 2 is 1.92 bits per heavy atom. The Hall–Kier alpha value is -2.70. The summed E-state index contributed by atoms with van der Waals surface area (Å²) in [6.45, 7) is 20.4. The number of fused-ring (bicyclic) bond motifs is 5. The highest BCUT2D eigenvalue weighted by Gasteiger charge is 2.46. The smallest absolute Gasteiger partial charge is 0.258 e. The van der Waals surface area contributed by atoms with Crippen LogP contribution in [0.1, 0.15) is 56.4 Å². The Bertz CT molecular complexity index is 1440. The Balaban J connectivity index is 1.76. The molecule has 0 N–H and O–H groups in total. The fourth-order valence-electron chi connectivity index (χ4n) is 5.71. The fourth-order valence-corrected chi connectivity index (χ4v) is 6.71. The highest BCUT2D eigenvalue weighted by molar-refractivity contribution is 6.76. The second-order valence-corrected chi connectivity index (χ2v) is 18.0. The molecule has 5 rings (SSSR count). The summed E-state index contributed by atoms with van der Waals surface area (Å²) < 4.78 is 14.5. The Labute approximate surface area is 215 Å². The first-order valence-corrected chi connectivity index (χ1v) is 16.8. The largest absolute Gasteiger partial charge is 0.490 e. The van der Waals surface area contributed by atoms with Gasteiger partial charge in [0, 0.05) is 24.6 Å². The van der Waals surface area contributed by atoms with E-state index in [0.29, 0.717) is 24.3 Å². The third-order valence-corrected chi connectivity index (χ3v) is 9.20. The van der Waals surface area contributed by atoms with Crippen molar-refractivity contribution in [2.75, 3.05) is 0 Å². The lowest BCUT2D eigenvalue weighted by Crippen LogP contribution is -2.44. The zero-order chi connectivity index (χ0) is 26.0. The number of aromatic nitrogens is 2.